The van der Waals surface area contributed by atoms with Crippen molar-refractivity contribution in [3.63, 3.8) is 0 Å². The van der Waals surface area contributed by atoms with E-state index in [2.05, 4.69) is 4.98 Å². The lowest BCUT2D eigenvalue weighted by Gasteiger charge is -2.32. The maximum Gasteiger partial charge on any atom is 0.326 e. The molecule has 104 valence electrons. The van der Waals surface area contributed by atoms with Gasteiger partial charge in [0.2, 0.25) is 0 Å². The molecule has 0 radical (unpaired) electrons. The maximum atomic E-state index is 12.4. The standard InChI is InChI=1S/C14H15N3O3/c1-9-10(8-15)5-6-11(16-9)13(18)17-7-3-2-4-12(17)14(19)20/h5-6,12H,2-4,7H2,1H3,(H,19,20)/t12-/m1/s1. The number of nitrogens with zero attached hydrogens (tertiary/aromatic N) is 3. The number of piperidine rings is 1. The molecule has 0 spiro atoms. The Bertz CT molecular complexity index is 592. The van der Waals surface area contributed by atoms with Crippen LogP contribution >= 0.6 is 0 Å². The van der Waals surface area contributed by atoms with Gasteiger partial charge in [-0.05, 0) is 38.3 Å². The number of carbonyl (C=O) groups excluding carboxylic acids is 1. The Labute approximate surface area is 116 Å². The molecule has 0 aliphatic carbocycles. The van der Waals surface area contributed by atoms with Crippen LogP contribution in [0.25, 0.3) is 0 Å². The first-order valence-corrected chi connectivity index (χ1v) is 6.46. The van der Waals surface area contributed by atoms with E-state index in [0.717, 1.165) is 12.8 Å². The van der Waals surface area contributed by atoms with Gasteiger partial charge in [0.05, 0.1) is 11.3 Å². The van der Waals surface area contributed by atoms with Crippen LogP contribution in [-0.2, 0) is 4.79 Å². The number of hydrogen-bond donors (Lipinski definition) is 1. The number of nitriles is 1. The van der Waals surface area contributed by atoms with Crippen molar-refractivity contribution in [1.29, 1.82) is 5.26 Å². The Kier molecular flexibility index (Phi) is 3.99. The van der Waals surface area contributed by atoms with Crippen molar-refractivity contribution in [3.05, 3.63) is 29.1 Å². The predicted octanol–water partition coefficient (Wildman–Crippen LogP) is 1.34. The zero-order valence-corrected chi connectivity index (χ0v) is 11.2. The number of hydrogen-bond acceptors (Lipinski definition) is 4. The van der Waals surface area contributed by atoms with Crippen LogP contribution in [0.2, 0.25) is 0 Å². The number of likely N-dealkylation sites (tertiary alicyclic amines) is 1. The lowest BCUT2D eigenvalue weighted by molar-refractivity contribution is -0.143. The summed E-state index contributed by atoms with van der Waals surface area (Å²) in [4.78, 5) is 29.1. The smallest absolute Gasteiger partial charge is 0.326 e. The highest BCUT2D eigenvalue weighted by atomic mass is 16.4. The predicted molar refractivity (Wildman–Crippen MR) is 70.0 cm³/mol. The second-order valence-electron chi connectivity index (χ2n) is 4.79. The number of aryl methyl sites for hydroxylation is 1. The molecule has 1 aliphatic rings. The van der Waals surface area contributed by atoms with Crippen LogP contribution in [-0.4, -0.2) is 39.5 Å². The highest BCUT2D eigenvalue weighted by Crippen LogP contribution is 2.20. The maximum absolute atomic E-state index is 12.4. The molecule has 2 heterocycles. The zero-order chi connectivity index (χ0) is 14.7. The van der Waals surface area contributed by atoms with Crippen LogP contribution in [0.15, 0.2) is 12.1 Å². The summed E-state index contributed by atoms with van der Waals surface area (Å²) in [6.45, 7) is 2.08. The Morgan fingerprint density at radius 2 is 2.20 bits per heavy atom. The SMILES string of the molecule is Cc1nc(C(=O)N2CCCC[C@@H]2C(=O)O)ccc1C#N. The normalized spacial score (nSPS) is 18.4. The van der Waals surface area contributed by atoms with E-state index in [0.29, 0.717) is 24.2 Å². The molecular formula is C14H15N3O3. The van der Waals surface area contributed by atoms with E-state index in [1.165, 1.54) is 17.0 Å². The van der Waals surface area contributed by atoms with Crippen molar-refractivity contribution < 1.29 is 14.7 Å². The molecule has 0 unspecified atom stereocenters. The molecule has 1 saturated heterocycles. The zero-order valence-electron chi connectivity index (χ0n) is 11.2. The Balaban J connectivity index is 2.28. The number of pyridine rings is 1. The second-order valence-corrected chi connectivity index (χ2v) is 4.79. The summed E-state index contributed by atoms with van der Waals surface area (Å²) >= 11 is 0. The topological polar surface area (TPSA) is 94.3 Å². The van der Waals surface area contributed by atoms with Gasteiger partial charge >= 0.3 is 5.97 Å². The van der Waals surface area contributed by atoms with Crippen molar-refractivity contribution in [3.8, 4) is 6.07 Å². The molecule has 6 heteroatoms. The Morgan fingerprint density at radius 1 is 1.45 bits per heavy atom. The van der Waals surface area contributed by atoms with E-state index in [9.17, 15) is 14.7 Å². The van der Waals surface area contributed by atoms with E-state index in [4.69, 9.17) is 5.26 Å². The second kappa shape index (κ2) is 5.70. The van der Waals surface area contributed by atoms with Crippen LogP contribution < -0.4 is 0 Å². The third-order valence-corrected chi connectivity index (χ3v) is 3.47. The fraction of sp³-hybridized carbons (Fsp3) is 0.429. The van der Waals surface area contributed by atoms with Gasteiger partial charge in [-0.3, -0.25) is 4.79 Å². The average molecular weight is 273 g/mol. The molecule has 1 aliphatic heterocycles. The molecule has 20 heavy (non-hydrogen) atoms. The van der Waals surface area contributed by atoms with Crippen molar-refractivity contribution >= 4 is 11.9 Å². The van der Waals surface area contributed by atoms with Gasteiger partial charge in [-0.25, -0.2) is 9.78 Å². The monoisotopic (exact) mass is 273 g/mol. The molecule has 0 saturated carbocycles. The van der Waals surface area contributed by atoms with Gasteiger partial charge in [0, 0.05) is 6.54 Å². The van der Waals surface area contributed by atoms with Crippen LogP contribution in [0.1, 0.15) is 41.0 Å². The van der Waals surface area contributed by atoms with Gasteiger partial charge in [-0.15, -0.1) is 0 Å². The first-order chi connectivity index (χ1) is 9.54. The summed E-state index contributed by atoms with van der Waals surface area (Å²) < 4.78 is 0. The molecule has 0 bridgehead atoms. The minimum Gasteiger partial charge on any atom is -0.480 e. The first kappa shape index (κ1) is 14.0. The Hall–Kier alpha value is -2.42. The van der Waals surface area contributed by atoms with Gasteiger partial charge in [0.25, 0.3) is 5.91 Å². The largest absolute Gasteiger partial charge is 0.480 e. The third kappa shape index (κ3) is 2.62. The van der Waals surface area contributed by atoms with Gasteiger partial charge in [-0.2, -0.15) is 5.26 Å². The van der Waals surface area contributed by atoms with Crippen molar-refractivity contribution in [2.45, 2.75) is 32.2 Å². The molecule has 1 atom stereocenters. The fourth-order valence-corrected chi connectivity index (χ4v) is 2.38. The van der Waals surface area contributed by atoms with E-state index < -0.39 is 12.0 Å². The molecule has 2 rings (SSSR count). The number of carboxylic acids is 1. The number of amides is 1. The van der Waals surface area contributed by atoms with Gasteiger partial charge in [-0.1, -0.05) is 0 Å². The van der Waals surface area contributed by atoms with Crippen molar-refractivity contribution in [2.24, 2.45) is 0 Å². The number of aliphatic carboxylic acids is 1. The molecule has 1 fully saturated rings. The van der Waals surface area contributed by atoms with E-state index in [-0.39, 0.29) is 11.6 Å². The summed E-state index contributed by atoms with van der Waals surface area (Å²) in [5.74, 6) is -1.37. The lowest BCUT2D eigenvalue weighted by Crippen LogP contribution is -2.48. The molecule has 1 aromatic rings. The fourth-order valence-electron chi connectivity index (χ4n) is 2.38. The average Bonchev–Trinajstić information content (AvgIpc) is 2.46. The number of carboxylic acid groups (broad SMARTS) is 1. The number of rotatable bonds is 2. The Morgan fingerprint density at radius 3 is 2.80 bits per heavy atom. The molecular weight excluding hydrogens is 258 g/mol. The van der Waals surface area contributed by atoms with Crippen LogP contribution in [0.5, 0.6) is 0 Å². The molecule has 1 aromatic heterocycles. The molecule has 1 N–H and O–H groups in total. The summed E-state index contributed by atoms with van der Waals surface area (Å²) in [5, 5.41) is 18.0. The first-order valence-electron chi connectivity index (χ1n) is 6.46. The summed E-state index contributed by atoms with van der Waals surface area (Å²) in [7, 11) is 0. The van der Waals surface area contributed by atoms with Crippen LogP contribution in [0.3, 0.4) is 0 Å². The number of aromatic nitrogens is 1. The van der Waals surface area contributed by atoms with Crippen molar-refractivity contribution in [1.82, 2.24) is 9.88 Å². The summed E-state index contributed by atoms with van der Waals surface area (Å²) in [6.07, 6.45) is 2.07. The molecule has 0 aromatic carbocycles. The highest BCUT2D eigenvalue weighted by molar-refractivity contribution is 5.95. The summed E-state index contributed by atoms with van der Waals surface area (Å²) in [6, 6.07) is 4.21. The van der Waals surface area contributed by atoms with Crippen LogP contribution in [0, 0.1) is 18.3 Å². The third-order valence-electron chi connectivity index (χ3n) is 3.47. The van der Waals surface area contributed by atoms with Gasteiger partial charge in [0.15, 0.2) is 0 Å². The van der Waals surface area contributed by atoms with Crippen molar-refractivity contribution in [2.75, 3.05) is 6.54 Å². The highest BCUT2D eigenvalue weighted by Gasteiger charge is 2.33. The minimum absolute atomic E-state index is 0.189. The van der Waals surface area contributed by atoms with E-state index >= 15 is 0 Å². The number of carbonyl (C=O) groups is 2. The van der Waals surface area contributed by atoms with Crippen LogP contribution in [0.4, 0.5) is 0 Å². The molecule has 1 amide bonds. The summed E-state index contributed by atoms with van der Waals surface area (Å²) in [5.41, 5.74) is 1.08. The van der Waals surface area contributed by atoms with Gasteiger partial charge < -0.3 is 10.0 Å². The lowest BCUT2D eigenvalue weighted by atomic mass is 10.0. The quantitative estimate of drug-likeness (QED) is 0.877. The van der Waals surface area contributed by atoms with Gasteiger partial charge in [0.1, 0.15) is 17.8 Å². The minimum atomic E-state index is -0.983. The molecule has 6 nitrogen and oxygen atoms in total. The van der Waals surface area contributed by atoms with E-state index in [1.54, 1.807) is 6.92 Å². The van der Waals surface area contributed by atoms with E-state index in [1.807, 2.05) is 6.07 Å².